The molecular weight excluding hydrogens is 352 g/mol. The van der Waals surface area contributed by atoms with Gasteiger partial charge in [0.2, 0.25) is 0 Å². The molecule has 0 amide bonds. The predicted octanol–water partition coefficient (Wildman–Crippen LogP) is 6.32. The Balaban J connectivity index is 1.59. The molecule has 2 nitrogen and oxygen atoms in total. The average molecular weight is 374 g/mol. The van der Waals surface area contributed by atoms with E-state index in [-0.39, 0.29) is 0 Å². The molecule has 0 fully saturated rings. The molecule has 0 aliphatic heterocycles. The lowest BCUT2D eigenvalue weighted by Crippen LogP contribution is -2.29. The SMILES string of the molecule is C(NN(c1ccccc1)c1ccccc1)=C1c2ccccc2Cc2ccccc21. The highest BCUT2D eigenvalue weighted by Gasteiger charge is 2.19. The fourth-order valence-corrected chi connectivity index (χ4v) is 3.96. The van der Waals surface area contributed by atoms with Crippen LogP contribution in [0.1, 0.15) is 22.3 Å². The number of benzene rings is 4. The van der Waals surface area contributed by atoms with Crippen LogP contribution in [0.2, 0.25) is 0 Å². The van der Waals surface area contributed by atoms with Crippen LogP contribution in [0.3, 0.4) is 0 Å². The van der Waals surface area contributed by atoms with Crippen molar-refractivity contribution in [3.63, 3.8) is 0 Å². The molecule has 0 aromatic heterocycles. The van der Waals surface area contributed by atoms with E-state index in [1.54, 1.807) is 0 Å². The first kappa shape index (κ1) is 17.3. The maximum absolute atomic E-state index is 3.58. The van der Waals surface area contributed by atoms with Gasteiger partial charge in [-0.1, -0.05) is 84.9 Å². The van der Waals surface area contributed by atoms with E-state index in [0.29, 0.717) is 0 Å². The lowest BCUT2D eigenvalue weighted by Gasteiger charge is -2.27. The van der Waals surface area contributed by atoms with Gasteiger partial charge in [-0.05, 0) is 52.9 Å². The lowest BCUT2D eigenvalue weighted by atomic mass is 9.83. The molecule has 0 radical (unpaired) electrons. The second-order valence-electron chi connectivity index (χ2n) is 7.18. The zero-order chi connectivity index (χ0) is 19.5. The first-order valence-electron chi connectivity index (χ1n) is 9.93. The predicted molar refractivity (Wildman–Crippen MR) is 121 cm³/mol. The van der Waals surface area contributed by atoms with E-state index in [4.69, 9.17) is 0 Å². The number of fused-ring (bicyclic) bond motifs is 2. The zero-order valence-electron chi connectivity index (χ0n) is 16.1. The quantitative estimate of drug-likeness (QED) is 0.370. The zero-order valence-corrected chi connectivity index (χ0v) is 16.1. The summed E-state index contributed by atoms with van der Waals surface area (Å²) in [5.74, 6) is 0. The van der Waals surface area contributed by atoms with Gasteiger partial charge in [-0.15, -0.1) is 0 Å². The molecule has 29 heavy (non-hydrogen) atoms. The van der Waals surface area contributed by atoms with E-state index >= 15 is 0 Å². The molecule has 0 saturated heterocycles. The van der Waals surface area contributed by atoms with Crippen molar-refractivity contribution in [3.8, 4) is 0 Å². The third-order valence-corrected chi connectivity index (χ3v) is 5.36. The van der Waals surface area contributed by atoms with Crippen molar-refractivity contribution in [1.82, 2.24) is 5.43 Å². The summed E-state index contributed by atoms with van der Waals surface area (Å²) >= 11 is 0. The maximum atomic E-state index is 3.58. The van der Waals surface area contributed by atoms with Crippen molar-refractivity contribution in [3.05, 3.63) is 138 Å². The Morgan fingerprint density at radius 2 is 1.00 bits per heavy atom. The Morgan fingerprint density at radius 3 is 1.52 bits per heavy atom. The van der Waals surface area contributed by atoms with Crippen LogP contribution in [0.5, 0.6) is 0 Å². The van der Waals surface area contributed by atoms with Gasteiger partial charge in [0.1, 0.15) is 0 Å². The molecule has 4 aromatic rings. The van der Waals surface area contributed by atoms with Crippen LogP contribution in [0, 0.1) is 0 Å². The highest BCUT2D eigenvalue weighted by molar-refractivity contribution is 5.85. The minimum atomic E-state index is 0.977. The van der Waals surface area contributed by atoms with Crippen LogP contribution in [0.15, 0.2) is 115 Å². The molecule has 0 spiro atoms. The normalized spacial score (nSPS) is 11.9. The Kier molecular flexibility index (Phi) is 4.59. The summed E-state index contributed by atoms with van der Waals surface area (Å²) in [5.41, 5.74) is 12.3. The van der Waals surface area contributed by atoms with Gasteiger partial charge in [0.05, 0.1) is 11.4 Å². The van der Waals surface area contributed by atoms with E-state index in [0.717, 1.165) is 17.8 Å². The van der Waals surface area contributed by atoms with Crippen molar-refractivity contribution >= 4 is 16.9 Å². The first-order valence-corrected chi connectivity index (χ1v) is 9.93. The summed E-state index contributed by atoms with van der Waals surface area (Å²) in [6.07, 6.45) is 3.11. The molecule has 1 aliphatic rings. The Morgan fingerprint density at radius 1 is 0.552 bits per heavy atom. The van der Waals surface area contributed by atoms with Gasteiger partial charge in [-0.2, -0.15) is 0 Å². The van der Waals surface area contributed by atoms with Crippen LogP contribution >= 0.6 is 0 Å². The molecule has 5 rings (SSSR count). The molecular formula is C27H22N2. The summed E-state index contributed by atoms with van der Waals surface area (Å²) in [6, 6.07) is 38.1. The lowest BCUT2D eigenvalue weighted by molar-refractivity contribution is 0.887. The highest BCUT2D eigenvalue weighted by atomic mass is 15.5. The molecule has 0 heterocycles. The molecule has 0 atom stereocenters. The monoisotopic (exact) mass is 374 g/mol. The van der Waals surface area contributed by atoms with Crippen LogP contribution < -0.4 is 10.4 Å². The molecule has 0 saturated carbocycles. The Hall–Kier alpha value is -3.78. The third-order valence-electron chi connectivity index (χ3n) is 5.36. The number of nitrogens with zero attached hydrogens (tertiary/aromatic N) is 1. The number of hydrazine groups is 1. The second kappa shape index (κ2) is 7.69. The van der Waals surface area contributed by atoms with Crippen LogP contribution in [0.4, 0.5) is 11.4 Å². The van der Waals surface area contributed by atoms with E-state index in [1.165, 1.54) is 27.8 Å². The first-order chi connectivity index (χ1) is 14.4. The minimum Gasteiger partial charge on any atom is -0.300 e. The van der Waals surface area contributed by atoms with Gasteiger partial charge < -0.3 is 5.43 Å². The Bertz CT molecular complexity index is 1060. The van der Waals surface area contributed by atoms with E-state index in [1.807, 2.05) is 12.1 Å². The van der Waals surface area contributed by atoms with Gasteiger partial charge in [0.25, 0.3) is 0 Å². The summed E-state index contributed by atoms with van der Waals surface area (Å²) in [5, 5.41) is 2.12. The van der Waals surface area contributed by atoms with Crippen molar-refractivity contribution in [1.29, 1.82) is 0 Å². The van der Waals surface area contributed by atoms with Crippen LogP contribution in [-0.4, -0.2) is 0 Å². The summed E-state index contributed by atoms with van der Waals surface area (Å²) < 4.78 is 0. The Labute approximate surface area is 171 Å². The maximum Gasteiger partial charge on any atom is 0.0630 e. The molecule has 2 heteroatoms. The summed E-state index contributed by atoms with van der Waals surface area (Å²) in [6.45, 7) is 0. The molecule has 1 N–H and O–H groups in total. The molecule has 0 unspecified atom stereocenters. The molecule has 140 valence electrons. The molecule has 1 aliphatic carbocycles. The number of rotatable bonds is 4. The topological polar surface area (TPSA) is 15.3 Å². The van der Waals surface area contributed by atoms with Gasteiger partial charge in [0.15, 0.2) is 0 Å². The number of nitrogens with one attached hydrogen (secondary N) is 1. The van der Waals surface area contributed by atoms with Gasteiger partial charge >= 0.3 is 0 Å². The van der Waals surface area contributed by atoms with Gasteiger partial charge in [-0.3, -0.25) is 5.01 Å². The fraction of sp³-hybridized carbons (Fsp3) is 0.0370. The van der Waals surface area contributed by atoms with E-state index < -0.39 is 0 Å². The largest absolute Gasteiger partial charge is 0.300 e. The molecule has 0 bridgehead atoms. The summed E-state index contributed by atoms with van der Waals surface area (Å²) in [7, 11) is 0. The smallest absolute Gasteiger partial charge is 0.0630 e. The number of hydrogen-bond acceptors (Lipinski definition) is 2. The minimum absolute atomic E-state index is 0.977. The fourth-order valence-electron chi connectivity index (χ4n) is 3.96. The highest BCUT2D eigenvalue weighted by Crippen LogP contribution is 2.35. The van der Waals surface area contributed by atoms with E-state index in [2.05, 4.69) is 114 Å². The number of anilines is 2. The van der Waals surface area contributed by atoms with Crippen LogP contribution in [0.25, 0.3) is 5.57 Å². The second-order valence-corrected chi connectivity index (χ2v) is 7.18. The number of para-hydroxylation sites is 2. The van der Waals surface area contributed by atoms with Gasteiger partial charge in [-0.25, -0.2) is 0 Å². The number of hydrogen-bond donors (Lipinski definition) is 1. The standard InChI is InChI=1S/C27H22N2/c1-3-13-23(14-4-1)29(24-15-5-2-6-16-24)28-20-27-25-17-9-7-11-21(25)19-22-12-8-10-18-26(22)27/h1-18,20,28H,19H2. The van der Waals surface area contributed by atoms with Crippen molar-refractivity contribution in [2.45, 2.75) is 6.42 Å². The summed E-state index contributed by atoms with van der Waals surface area (Å²) in [4.78, 5) is 0. The van der Waals surface area contributed by atoms with Gasteiger partial charge in [0, 0.05) is 11.8 Å². The van der Waals surface area contributed by atoms with Crippen LogP contribution in [-0.2, 0) is 6.42 Å². The van der Waals surface area contributed by atoms with Crippen molar-refractivity contribution in [2.24, 2.45) is 0 Å². The van der Waals surface area contributed by atoms with Crippen molar-refractivity contribution < 1.29 is 0 Å². The molecule has 4 aromatic carbocycles. The average Bonchev–Trinajstić information content (AvgIpc) is 2.80. The van der Waals surface area contributed by atoms with E-state index in [9.17, 15) is 0 Å². The third kappa shape index (κ3) is 3.41. The van der Waals surface area contributed by atoms with Crippen molar-refractivity contribution in [2.75, 3.05) is 5.01 Å².